The summed E-state index contributed by atoms with van der Waals surface area (Å²) in [6.07, 6.45) is 14.1. The summed E-state index contributed by atoms with van der Waals surface area (Å²) in [6, 6.07) is 6.15. The third-order valence-corrected chi connectivity index (χ3v) is 7.58. The monoisotopic (exact) mass is 454 g/mol. The molecule has 0 saturated carbocycles. The van der Waals surface area contributed by atoms with Crippen LogP contribution in [0.2, 0.25) is 0 Å². The first kappa shape index (κ1) is 28.4. The summed E-state index contributed by atoms with van der Waals surface area (Å²) < 4.78 is 5.87. The number of hydrogen-bond donors (Lipinski definition) is 2. The molecule has 0 saturated heterocycles. The van der Waals surface area contributed by atoms with Gasteiger partial charge in [-0.1, -0.05) is 6.92 Å². The van der Waals surface area contributed by atoms with Crippen molar-refractivity contribution in [3.8, 4) is 5.75 Å². The third-order valence-electron chi connectivity index (χ3n) is 6.03. The van der Waals surface area contributed by atoms with Gasteiger partial charge in [0.1, 0.15) is 0 Å². The van der Waals surface area contributed by atoms with Gasteiger partial charge in [0.2, 0.25) is 0 Å². The molecule has 0 aromatic heterocycles. The molecule has 3 nitrogen and oxygen atoms in total. The predicted octanol–water partition coefficient (Wildman–Crippen LogP) is 8.45. The molecule has 1 aromatic rings. The Labute approximate surface area is 193 Å². The molecule has 2 N–H and O–H groups in total. The fraction of sp³-hybridized carbons (Fsp3) is 0.778. The van der Waals surface area contributed by atoms with E-state index >= 15 is 0 Å². The molecule has 0 unspecified atom stereocenters. The van der Waals surface area contributed by atoms with Gasteiger partial charge in [-0.25, -0.2) is 0 Å². The SMILES string of the molecule is CCCCCCCCCCCCC[PH](O)(O)Oc1ccc(C(C)(C)C)cc1C(C)(C)C. The second kappa shape index (κ2) is 13.2. The van der Waals surface area contributed by atoms with Crippen molar-refractivity contribution in [2.24, 2.45) is 0 Å². The van der Waals surface area contributed by atoms with Crippen LogP contribution in [0, 0.1) is 0 Å². The van der Waals surface area contributed by atoms with E-state index < -0.39 is 7.94 Å². The fourth-order valence-corrected chi connectivity index (χ4v) is 5.26. The molecule has 31 heavy (non-hydrogen) atoms. The molecular formula is C27H51O3P. The Morgan fingerprint density at radius 2 is 1.19 bits per heavy atom. The van der Waals surface area contributed by atoms with Gasteiger partial charge >= 0.3 is 186 Å². The molecule has 4 heteroatoms. The van der Waals surface area contributed by atoms with Crippen LogP contribution in [0.25, 0.3) is 0 Å². The molecule has 182 valence electrons. The molecule has 0 atom stereocenters. The van der Waals surface area contributed by atoms with Crippen LogP contribution in [0.3, 0.4) is 0 Å². The zero-order valence-electron chi connectivity index (χ0n) is 21.5. The van der Waals surface area contributed by atoms with E-state index in [1.807, 2.05) is 6.07 Å². The van der Waals surface area contributed by atoms with Crippen LogP contribution < -0.4 is 4.52 Å². The predicted molar refractivity (Wildman–Crippen MR) is 139 cm³/mol. The van der Waals surface area contributed by atoms with Gasteiger partial charge in [-0.2, -0.15) is 0 Å². The number of hydrogen-bond acceptors (Lipinski definition) is 3. The molecule has 0 aliphatic carbocycles. The van der Waals surface area contributed by atoms with E-state index in [0.717, 1.165) is 18.4 Å². The van der Waals surface area contributed by atoms with Crippen LogP contribution in [-0.4, -0.2) is 15.9 Å². The number of unbranched alkanes of at least 4 members (excludes halogenated alkanes) is 10. The first-order chi connectivity index (χ1) is 14.4. The molecule has 0 aliphatic rings. The van der Waals surface area contributed by atoms with Gasteiger partial charge in [-0.3, -0.25) is 0 Å². The van der Waals surface area contributed by atoms with Crippen molar-refractivity contribution in [3.63, 3.8) is 0 Å². The standard InChI is InChI=1S/C27H51O3P/c1-8-9-10-11-12-13-14-15-16-17-18-21-31(28,29)30-25-20-19-23(26(2,3)4)22-24(25)27(5,6)7/h19-20,22,28-29,31H,8-18,21H2,1-7H3. The van der Waals surface area contributed by atoms with E-state index in [1.165, 1.54) is 63.4 Å². The fourth-order valence-electron chi connectivity index (χ4n) is 3.92. The van der Waals surface area contributed by atoms with Crippen LogP contribution in [0.1, 0.15) is 130 Å². The van der Waals surface area contributed by atoms with E-state index in [1.54, 1.807) is 0 Å². The Hall–Kier alpha value is -0.630. The molecule has 0 radical (unpaired) electrons. The van der Waals surface area contributed by atoms with E-state index in [9.17, 15) is 9.79 Å². The summed E-state index contributed by atoms with van der Waals surface area (Å²) in [5, 5.41) is 0. The Morgan fingerprint density at radius 1 is 0.710 bits per heavy atom. The zero-order valence-corrected chi connectivity index (χ0v) is 22.5. The molecule has 0 spiro atoms. The van der Waals surface area contributed by atoms with Crippen molar-refractivity contribution in [1.29, 1.82) is 0 Å². The van der Waals surface area contributed by atoms with Gasteiger partial charge in [0.05, 0.1) is 0 Å². The molecule has 0 amide bonds. The summed E-state index contributed by atoms with van der Waals surface area (Å²) in [5.41, 5.74) is 2.19. The Bertz CT molecular complexity index is 626. The summed E-state index contributed by atoms with van der Waals surface area (Å²) in [5.74, 6) is 0.625. The quantitative estimate of drug-likeness (QED) is 0.219. The van der Waals surface area contributed by atoms with Crippen molar-refractivity contribution >= 4 is 7.94 Å². The second-order valence-corrected chi connectivity index (χ2v) is 13.5. The van der Waals surface area contributed by atoms with Crippen molar-refractivity contribution in [1.82, 2.24) is 0 Å². The van der Waals surface area contributed by atoms with Crippen LogP contribution >= 0.6 is 7.94 Å². The van der Waals surface area contributed by atoms with Crippen LogP contribution in [-0.2, 0) is 10.8 Å². The first-order valence-electron chi connectivity index (χ1n) is 12.7. The molecule has 1 aromatic carbocycles. The van der Waals surface area contributed by atoms with Gasteiger partial charge < -0.3 is 0 Å². The van der Waals surface area contributed by atoms with Crippen molar-refractivity contribution in [3.05, 3.63) is 29.3 Å². The van der Waals surface area contributed by atoms with Crippen LogP contribution in [0.5, 0.6) is 5.75 Å². The van der Waals surface area contributed by atoms with Crippen molar-refractivity contribution in [2.75, 3.05) is 6.16 Å². The molecule has 0 bridgehead atoms. The third kappa shape index (κ3) is 11.7. The first-order valence-corrected chi connectivity index (χ1v) is 14.7. The summed E-state index contributed by atoms with van der Waals surface area (Å²) in [6.45, 7) is 15.3. The van der Waals surface area contributed by atoms with Crippen molar-refractivity contribution in [2.45, 2.75) is 130 Å². The molecule has 0 fully saturated rings. The second-order valence-electron chi connectivity index (χ2n) is 11.3. The minimum atomic E-state index is -3.71. The van der Waals surface area contributed by atoms with E-state index in [2.05, 4.69) is 60.6 Å². The maximum absolute atomic E-state index is 10.6. The molecular weight excluding hydrogens is 403 g/mol. The van der Waals surface area contributed by atoms with Gasteiger partial charge in [-0.05, 0) is 0 Å². The summed E-state index contributed by atoms with van der Waals surface area (Å²) in [4.78, 5) is 21.2. The van der Waals surface area contributed by atoms with Crippen molar-refractivity contribution < 1.29 is 14.3 Å². The topological polar surface area (TPSA) is 49.7 Å². The molecule has 0 aliphatic heterocycles. The van der Waals surface area contributed by atoms with Gasteiger partial charge in [0.15, 0.2) is 0 Å². The van der Waals surface area contributed by atoms with E-state index in [-0.39, 0.29) is 10.8 Å². The average Bonchev–Trinajstić information content (AvgIpc) is 2.64. The minimum absolute atomic E-state index is 0.0426. The zero-order chi connectivity index (χ0) is 23.5. The normalized spacial score (nSPS) is 13.5. The molecule has 1 rings (SSSR count). The average molecular weight is 455 g/mol. The van der Waals surface area contributed by atoms with E-state index in [4.69, 9.17) is 4.52 Å². The van der Waals surface area contributed by atoms with Crippen LogP contribution in [0.15, 0.2) is 18.2 Å². The Kier molecular flexibility index (Phi) is 12.1. The van der Waals surface area contributed by atoms with Gasteiger partial charge in [0, 0.05) is 0 Å². The summed E-state index contributed by atoms with van der Waals surface area (Å²) in [7, 11) is -3.71. The number of benzene rings is 1. The van der Waals surface area contributed by atoms with Crippen LogP contribution in [0.4, 0.5) is 0 Å². The molecule has 0 heterocycles. The van der Waals surface area contributed by atoms with Gasteiger partial charge in [0.25, 0.3) is 0 Å². The maximum atomic E-state index is 10.6. The summed E-state index contributed by atoms with van der Waals surface area (Å²) >= 11 is 0. The van der Waals surface area contributed by atoms with Gasteiger partial charge in [-0.15, -0.1) is 0 Å². The number of rotatable bonds is 14. The van der Waals surface area contributed by atoms with E-state index in [0.29, 0.717) is 11.9 Å². The Morgan fingerprint density at radius 3 is 1.65 bits per heavy atom. The Balaban J connectivity index is 2.46.